The summed E-state index contributed by atoms with van der Waals surface area (Å²) in [7, 11) is 0. The minimum absolute atomic E-state index is 0.114. The molecule has 0 atom stereocenters. The van der Waals surface area contributed by atoms with Crippen LogP contribution in [0.5, 0.6) is 0 Å². The van der Waals surface area contributed by atoms with Crippen LogP contribution in [0.3, 0.4) is 0 Å². The lowest BCUT2D eigenvalue weighted by Gasteiger charge is -2.05. The van der Waals surface area contributed by atoms with E-state index in [1.54, 1.807) is 18.3 Å². The summed E-state index contributed by atoms with van der Waals surface area (Å²) in [6.45, 7) is 3.62. The van der Waals surface area contributed by atoms with Gasteiger partial charge in [0.05, 0.1) is 16.3 Å². The summed E-state index contributed by atoms with van der Waals surface area (Å²) < 4.78 is 0. The number of ketones is 1. The smallest absolute Gasteiger partial charge is 0.198 e. The Labute approximate surface area is 114 Å². The second-order valence-electron chi connectivity index (χ2n) is 3.46. The number of hydrogen-bond acceptors (Lipinski definition) is 3. The van der Waals surface area contributed by atoms with Crippen LogP contribution in [-0.4, -0.2) is 15.8 Å². The molecule has 2 rings (SSSR count). The highest BCUT2D eigenvalue weighted by Gasteiger charge is 2.17. The third-order valence-corrected chi connectivity index (χ3v) is 2.83. The fourth-order valence-electron chi connectivity index (χ4n) is 1.50. The Kier molecular flexibility index (Phi) is 3.75. The molecule has 0 amide bonds. The van der Waals surface area contributed by atoms with E-state index in [0.29, 0.717) is 16.3 Å². The molecule has 0 aliphatic rings. The molecule has 0 unspecified atom stereocenters. The Morgan fingerprint density at radius 2 is 2.06 bits per heavy atom. The molecule has 0 radical (unpaired) electrons. The zero-order chi connectivity index (χ0) is 13.1. The van der Waals surface area contributed by atoms with Gasteiger partial charge in [0, 0.05) is 18.0 Å². The van der Waals surface area contributed by atoms with Crippen molar-refractivity contribution in [3.05, 3.63) is 64.2 Å². The van der Waals surface area contributed by atoms with Crippen molar-refractivity contribution >= 4 is 35.1 Å². The molecular weight excluding hydrogens is 271 g/mol. The average Bonchev–Trinajstić information content (AvgIpc) is 2.40. The van der Waals surface area contributed by atoms with Gasteiger partial charge in [-0.1, -0.05) is 29.8 Å². The van der Waals surface area contributed by atoms with Crippen molar-refractivity contribution in [2.24, 2.45) is 0 Å². The third kappa shape index (κ3) is 2.42. The van der Waals surface area contributed by atoms with E-state index >= 15 is 0 Å². The summed E-state index contributed by atoms with van der Waals surface area (Å²) in [4.78, 5) is 20.2. The zero-order valence-electron chi connectivity index (χ0n) is 9.23. The molecule has 0 saturated carbocycles. The largest absolute Gasteiger partial charge is 0.288 e. The van der Waals surface area contributed by atoms with Gasteiger partial charge < -0.3 is 0 Å². The van der Waals surface area contributed by atoms with Crippen molar-refractivity contribution < 1.29 is 4.79 Å². The van der Waals surface area contributed by atoms with Gasteiger partial charge in [0.2, 0.25) is 0 Å². The van der Waals surface area contributed by atoms with E-state index in [0.717, 1.165) is 0 Å². The van der Waals surface area contributed by atoms with Gasteiger partial charge in [-0.25, -0.2) is 4.98 Å². The molecule has 90 valence electrons. The highest BCUT2D eigenvalue weighted by atomic mass is 35.5. The summed E-state index contributed by atoms with van der Waals surface area (Å²) in [6, 6.07) is 4.81. The number of carbonyl (C=O) groups excluding carboxylic acids is 1. The first-order valence-corrected chi connectivity index (χ1v) is 5.82. The fourth-order valence-corrected chi connectivity index (χ4v) is 1.85. The summed E-state index contributed by atoms with van der Waals surface area (Å²) in [5, 5.41) is 0.468. The molecule has 0 aliphatic carbocycles. The number of aromatic nitrogens is 2. The summed E-state index contributed by atoms with van der Waals surface area (Å²) in [6.07, 6.45) is 4.49. The van der Waals surface area contributed by atoms with Gasteiger partial charge in [0.25, 0.3) is 0 Å². The number of halogens is 2. The van der Waals surface area contributed by atoms with Gasteiger partial charge in [0.1, 0.15) is 5.15 Å². The lowest BCUT2D eigenvalue weighted by Crippen LogP contribution is -2.06. The van der Waals surface area contributed by atoms with Gasteiger partial charge in [0.15, 0.2) is 5.78 Å². The van der Waals surface area contributed by atoms with Crippen molar-refractivity contribution in [1.82, 2.24) is 9.97 Å². The zero-order valence-corrected chi connectivity index (χ0v) is 10.7. The molecule has 0 aromatic carbocycles. The van der Waals surface area contributed by atoms with E-state index in [4.69, 9.17) is 23.2 Å². The quantitative estimate of drug-likeness (QED) is 0.636. The maximum Gasteiger partial charge on any atom is 0.198 e. The molecule has 2 heterocycles. The van der Waals surface area contributed by atoms with Crippen molar-refractivity contribution in [3.8, 4) is 0 Å². The third-order valence-electron chi connectivity index (χ3n) is 2.33. The predicted octanol–water partition coefficient (Wildman–Crippen LogP) is 3.66. The fraction of sp³-hybridized carbons (Fsp3) is 0. The van der Waals surface area contributed by atoms with E-state index in [2.05, 4.69) is 16.5 Å². The Morgan fingerprint density at radius 1 is 1.28 bits per heavy atom. The van der Waals surface area contributed by atoms with Gasteiger partial charge in [-0.2, -0.15) is 0 Å². The van der Waals surface area contributed by atoms with Crippen molar-refractivity contribution in [1.29, 1.82) is 0 Å². The van der Waals surface area contributed by atoms with Crippen LogP contribution in [0.2, 0.25) is 10.2 Å². The topological polar surface area (TPSA) is 42.9 Å². The number of rotatable bonds is 3. The maximum absolute atomic E-state index is 12.3. The van der Waals surface area contributed by atoms with E-state index in [-0.39, 0.29) is 16.5 Å². The Hall–Kier alpha value is -1.71. The predicted molar refractivity (Wildman–Crippen MR) is 72.0 cm³/mol. The molecule has 0 aliphatic heterocycles. The standard InChI is InChI=1S/C13H8Cl2N2O/c1-2-11-9(4-3-5-16-11)12(18)10-6-8(14)7-17-13(10)15/h2-7H,1H2. The summed E-state index contributed by atoms with van der Waals surface area (Å²) in [5.74, 6) is -0.280. The minimum Gasteiger partial charge on any atom is -0.288 e. The van der Waals surface area contributed by atoms with E-state index < -0.39 is 0 Å². The number of nitrogens with zero attached hydrogens (tertiary/aromatic N) is 2. The van der Waals surface area contributed by atoms with Crippen LogP contribution >= 0.6 is 23.2 Å². The minimum atomic E-state index is -0.280. The van der Waals surface area contributed by atoms with Gasteiger partial charge in [-0.15, -0.1) is 0 Å². The van der Waals surface area contributed by atoms with Crippen LogP contribution in [0, 0.1) is 0 Å². The highest BCUT2D eigenvalue weighted by Crippen LogP contribution is 2.22. The second-order valence-corrected chi connectivity index (χ2v) is 4.26. The molecule has 0 fully saturated rings. The van der Waals surface area contributed by atoms with E-state index in [1.807, 2.05) is 0 Å². The van der Waals surface area contributed by atoms with Crippen LogP contribution in [0.25, 0.3) is 6.08 Å². The molecule has 18 heavy (non-hydrogen) atoms. The maximum atomic E-state index is 12.3. The molecule has 0 spiro atoms. The summed E-state index contributed by atoms with van der Waals surface area (Å²) >= 11 is 11.7. The molecule has 0 N–H and O–H groups in total. The van der Waals surface area contributed by atoms with Crippen LogP contribution in [-0.2, 0) is 0 Å². The van der Waals surface area contributed by atoms with Gasteiger partial charge >= 0.3 is 0 Å². The molecule has 0 saturated heterocycles. The molecule has 3 nitrogen and oxygen atoms in total. The van der Waals surface area contributed by atoms with Crippen molar-refractivity contribution in [2.75, 3.05) is 0 Å². The van der Waals surface area contributed by atoms with Crippen molar-refractivity contribution in [2.45, 2.75) is 0 Å². The molecule has 0 bridgehead atoms. The van der Waals surface area contributed by atoms with Crippen LogP contribution in [0.1, 0.15) is 21.6 Å². The number of pyridine rings is 2. The van der Waals surface area contributed by atoms with Crippen molar-refractivity contribution in [3.63, 3.8) is 0 Å². The lowest BCUT2D eigenvalue weighted by atomic mass is 10.0. The normalized spacial score (nSPS) is 10.1. The lowest BCUT2D eigenvalue weighted by molar-refractivity contribution is 0.103. The average molecular weight is 279 g/mol. The SMILES string of the molecule is C=Cc1ncccc1C(=O)c1cc(Cl)cnc1Cl. The first-order chi connectivity index (χ1) is 8.63. The van der Waals surface area contributed by atoms with Crippen LogP contribution in [0.4, 0.5) is 0 Å². The van der Waals surface area contributed by atoms with Gasteiger partial charge in [-0.05, 0) is 24.3 Å². The molecule has 2 aromatic heterocycles. The van der Waals surface area contributed by atoms with E-state index in [9.17, 15) is 4.79 Å². The monoisotopic (exact) mass is 278 g/mol. The first-order valence-electron chi connectivity index (χ1n) is 5.06. The Morgan fingerprint density at radius 3 is 2.78 bits per heavy atom. The molecular formula is C13H8Cl2N2O. The summed E-state index contributed by atoms with van der Waals surface area (Å²) in [5.41, 5.74) is 1.16. The second kappa shape index (κ2) is 5.29. The highest BCUT2D eigenvalue weighted by molar-refractivity contribution is 6.35. The van der Waals surface area contributed by atoms with Crippen LogP contribution in [0.15, 0.2) is 37.2 Å². The molecule has 5 heteroatoms. The Bertz CT molecular complexity index is 626. The van der Waals surface area contributed by atoms with E-state index in [1.165, 1.54) is 18.3 Å². The van der Waals surface area contributed by atoms with Gasteiger partial charge in [-0.3, -0.25) is 9.78 Å². The van der Waals surface area contributed by atoms with Crippen LogP contribution < -0.4 is 0 Å². The number of carbonyl (C=O) groups is 1. The number of hydrogen-bond donors (Lipinski definition) is 0. The molecule has 2 aromatic rings. The Balaban J connectivity index is 2.54. The first kappa shape index (κ1) is 12.7.